The molecule has 5 nitrogen and oxygen atoms in total. The minimum absolute atomic E-state index is 0.00911. The number of likely N-dealkylation sites (tertiary alicyclic amines) is 1. The predicted octanol–water partition coefficient (Wildman–Crippen LogP) is 3.12. The number of aryl methyl sites for hydroxylation is 2. The van der Waals surface area contributed by atoms with E-state index >= 15 is 0 Å². The standard InChI is InChI=1S/C21H33N3O2/c1-15(2)5-8-22-21(26)18-6-9-24(10-7-18)14-20(25)23-19-12-16(3)11-17(4)13-19/h11-13,15,18H,5-10,14H2,1-4H3,(H,22,26)(H,23,25). The number of anilines is 1. The van der Waals surface area contributed by atoms with Crippen LogP contribution in [0.2, 0.25) is 0 Å². The van der Waals surface area contributed by atoms with E-state index in [0.29, 0.717) is 12.5 Å². The van der Waals surface area contributed by atoms with Gasteiger partial charge in [-0.1, -0.05) is 19.9 Å². The van der Waals surface area contributed by atoms with Crippen LogP contribution in [0.3, 0.4) is 0 Å². The van der Waals surface area contributed by atoms with Crippen molar-refractivity contribution < 1.29 is 9.59 Å². The summed E-state index contributed by atoms with van der Waals surface area (Å²) in [6.07, 6.45) is 2.66. The minimum Gasteiger partial charge on any atom is -0.356 e. The van der Waals surface area contributed by atoms with Gasteiger partial charge >= 0.3 is 0 Å². The Hall–Kier alpha value is -1.88. The Morgan fingerprint density at radius 2 is 1.73 bits per heavy atom. The van der Waals surface area contributed by atoms with Crippen molar-refractivity contribution in [3.05, 3.63) is 29.3 Å². The number of nitrogens with zero attached hydrogens (tertiary/aromatic N) is 1. The van der Waals surface area contributed by atoms with E-state index in [4.69, 9.17) is 0 Å². The van der Waals surface area contributed by atoms with E-state index in [0.717, 1.165) is 55.7 Å². The van der Waals surface area contributed by atoms with Crippen molar-refractivity contribution in [3.8, 4) is 0 Å². The number of hydrogen-bond donors (Lipinski definition) is 2. The second-order valence-corrected chi connectivity index (χ2v) is 7.95. The summed E-state index contributed by atoms with van der Waals surface area (Å²) in [7, 11) is 0. The Morgan fingerprint density at radius 1 is 1.12 bits per heavy atom. The van der Waals surface area contributed by atoms with Gasteiger partial charge in [0.15, 0.2) is 0 Å². The first kappa shape index (κ1) is 20.4. The molecule has 26 heavy (non-hydrogen) atoms. The lowest BCUT2D eigenvalue weighted by molar-refractivity contribution is -0.126. The predicted molar refractivity (Wildman–Crippen MR) is 106 cm³/mol. The molecule has 2 rings (SSSR count). The molecule has 0 radical (unpaired) electrons. The molecule has 0 unspecified atom stereocenters. The van der Waals surface area contributed by atoms with Crippen LogP contribution in [0, 0.1) is 25.7 Å². The van der Waals surface area contributed by atoms with Gasteiger partial charge in [0.25, 0.3) is 0 Å². The number of hydrogen-bond acceptors (Lipinski definition) is 3. The van der Waals surface area contributed by atoms with E-state index in [1.54, 1.807) is 0 Å². The van der Waals surface area contributed by atoms with E-state index in [9.17, 15) is 9.59 Å². The van der Waals surface area contributed by atoms with Gasteiger partial charge in [0.1, 0.15) is 0 Å². The summed E-state index contributed by atoms with van der Waals surface area (Å²) in [6, 6.07) is 6.06. The lowest BCUT2D eigenvalue weighted by atomic mass is 9.95. The summed E-state index contributed by atoms with van der Waals surface area (Å²) in [4.78, 5) is 26.6. The topological polar surface area (TPSA) is 61.4 Å². The van der Waals surface area contributed by atoms with E-state index in [1.165, 1.54) is 0 Å². The number of amides is 2. The second kappa shape index (κ2) is 9.72. The zero-order valence-corrected chi connectivity index (χ0v) is 16.6. The van der Waals surface area contributed by atoms with Gasteiger partial charge in [-0.05, 0) is 75.4 Å². The first-order valence-electron chi connectivity index (χ1n) is 9.71. The maximum absolute atomic E-state index is 12.3. The molecule has 1 heterocycles. The third-order valence-corrected chi connectivity index (χ3v) is 4.85. The van der Waals surface area contributed by atoms with E-state index in [2.05, 4.69) is 35.4 Å². The third-order valence-electron chi connectivity index (χ3n) is 4.85. The van der Waals surface area contributed by atoms with Gasteiger partial charge in [0, 0.05) is 18.2 Å². The van der Waals surface area contributed by atoms with Crippen molar-refractivity contribution >= 4 is 17.5 Å². The Balaban J connectivity index is 1.72. The van der Waals surface area contributed by atoms with Crippen molar-refractivity contribution in [3.63, 3.8) is 0 Å². The van der Waals surface area contributed by atoms with E-state index in [1.807, 2.05) is 26.0 Å². The zero-order chi connectivity index (χ0) is 19.1. The van der Waals surface area contributed by atoms with E-state index in [-0.39, 0.29) is 17.7 Å². The number of carbonyl (C=O) groups excluding carboxylic acids is 2. The molecule has 2 N–H and O–H groups in total. The molecule has 1 aromatic rings. The molecule has 1 saturated heterocycles. The largest absolute Gasteiger partial charge is 0.356 e. The molecular formula is C21H33N3O2. The highest BCUT2D eigenvalue weighted by atomic mass is 16.2. The first-order valence-corrected chi connectivity index (χ1v) is 9.71. The van der Waals surface area contributed by atoms with Crippen LogP contribution in [0.5, 0.6) is 0 Å². The van der Waals surface area contributed by atoms with E-state index < -0.39 is 0 Å². The van der Waals surface area contributed by atoms with Crippen molar-refractivity contribution in [1.82, 2.24) is 10.2 Å². The third kappa shape index (κ3) is 6.79. The average Bonchev–Trinajstić information content (AvgIpc) is 2.53. The summed E-state index contributed by atoms with van der Waals surface area (Å²) in [6.45, 7) is 11.1. The fraction of sp³-hybridized carbons (Fsp3) is 0.619. The molecule has 1 aromatic carbocycles. The van der Waals surface area contributed by atoms with Crippen LogP contribution in [-0.4, -0.2) is 42.9 Å². The maximum atomic E-state index is 12.3. The lowest BCUT2D eigenvalue weighted by Gasteiger charge is -2.30. The maximum Gasteiger partial charge on any atom is 0.238 e. The number of rotatable bonds is 7. The van der Waals surface area contributed by atoms with Gasteiger partial charge < -0.3 is 10.6 Å². The van der Waals surface area contributed by atoms with Crippen LogP contribution in [-0.2, 0) is 9.59 Å². The fourth-order valence-corrected chi connectivity index (χ4v) is 3.43. The quantitative estimate of drug-likeness (QED) is 0.786. The van der Waals surface area contributed by atoms with Crippen molar-refractivity contribution in [2.45, 2.75) is 47.0 Å². The highest BCUT2D eigenvalue weighted by Crippen LogP contribution is 2.18. The second-order valence-electron chi connectivity index (χ2n) is 7.95. The summed E-state index contributed by atoms with van der Waals surface area (Å²) in [5, 5.41) is 6.03. The van der Waals surface area contributed by atoms with Crippen LogP contribution >= 0.6 is 0 Å². The molecular weight excluding hydrogens is 326 g/mol. The highest BCUT2D eigenvalue weighted by Gasteiger charge is 2.25. The summed E-state index contributed by atoms with van der Waals surface area (Å²) in [5.41, 5.74) is 3.14. The molecule has 2 amide bonds. The van der Waals surface area contributed by atoms with Gasteiger partial charge in [-0.2, -0.15) is 0 Å². The molecule has 144 valence electrons. The molecule has 1 fully saturated rings. The van der Waals surface area contributed by atoms with Gasteiger partial charge in [-0.15, -0.1) is 0 Å². The van der Waals surface area contributed by atoms with Crippen molar-refractivity contribution in [2.24, 2.45) is 11.8 Å². The Labute approximate surface area is 157 Å². The Morgan fingerprint density at radius 3 is 2.31 bits per heavy atom. The average molecular weight is 360 g/mol. The molecule has 1 aliphatic rings. The molecule has 0 saturated carbocycles. The number of nitrogens with one attached hydrogen (secondary N) is 2. The SMILES string of the molecule is Cc1cc(C)cc(NC(=O)CN2CCC(C(=O)NCCC(C)C)CC2)c1. The van der Waals surface area contributed by atoms with Crippen LogP contribution < -0.4 is 10.6 Å². The van der Waals surface area contributed by atoms with Gasteiger partial charge in [0.05, 0.1) is 6.54 Å². The molecule has 0 aromatic heterocycles. The molecule has 0 bridgehead atoms. The highest BCUT2D eigenvalue weighted by molar-refractivity contribution is 5.92. The summed E-state index contributed by atoms with van der Waals surface area (Å²) < 4.78 is 0. The normalized spacial score (nSPS) is 15.9. The number of benzene rings is 1. The summed E-state index contributed by atoms with van der Waals surface area (Å²) in [5.74, 6) is 0.869. The summed E-state index contributed by atoms with van der Waals surface area (Å²) >= 11 is 0. The number of piperidine rings is 1. The molecule has 0 spiro atoms. The van der Waals surface area contributed by atoms with Crippen LogP contribution in [0.1, 0.15) is 44.2 Å². The van der Waals surface area contributed by atoms with Gasteiger partial charge in [0.2, 0.25) is 11.8 Å². The zero-order valence-electron chi connectivity index (χ0n) is 16.6. The van der Waals surface area contributed by atoms with Crippen LogP contribution in [0.4, 0.5) is 5.69 Å². The first-order chi connectivity index (χ1) is 12.3. The van der Waals surface area contributed by atoms with Crippen LogP contribution in [0.25, 0.3) is 0 Å². The molecule has 0 atom stereocenters. The Bertz CT molecular complexity index is 599. The Kier molecular flexibility index (Phi) is 7.64. The minimum atomic E-state index is 0.00911. The van der Waals surface area contributed by atoms with Crippen LogP contribution in [0.15, 0.2) is 18.2 Å². The monoisotopic (exact) mass is 359 g/mol. The fourth-order valence-electron chi connectivity index (χ4n) is 3.43. The van der Waals surface area contributed by atoms with Gasteiger partial charge in [-0.3, -0.25) is 14.5 Å². The number of carbonyl (C=O) groups is 2. The van der Waals surface area contributed by atoms with Crippen molar-refractivity contribution in [1.29, 1.82) is 0 Å². The van der Waals surface area contributed by atoms with Crippen molar-refractivity contribution in [2.75, 3.05) is 31.5 Å². The molecule has 1 aliphatic heterocycles. The molecule has 0 aliphatic carbocycles. The van der Waals surface area contributed by atoms with Gasteiger partial charge in [-0.25, -0.2) is 0 Å². The smallest absolute Gasteiger partial charge is 0.238 e. The molecule has 5 heteroatoms. The lowest BCUT2D eigenvalue weighted by Crippen LogP contribution is -2.43.